The second-order valence-electron chi connectivity index (χ2n) is 4.67. The highest BCUT2D eigenvalue weighted by Gasteiger charge is 2.22. The average molecular weight is 263 g/mol. The number of carbonyl (C=O) groups is 1. The van der Waals surface area contributed by atoms with E-state index in [0.717, 1.165) is 39.1 Å². The summed E-state index contributed by atoms with van der Waals surface area (Å²) in [6.07, 6.45) is 4.28. The Bertz CT molecular complexity index is 412. The quantitative estimate of drug-likeness (QED) is 0.866. The minimum Gasteiger partial charge on any atom is -0.372 e. The predicted octanol–water partition coefficient (Wildman–Crippen LogP) is 0.686. The van der Waals surface area contributed by atoms with E-state index >= 15 is 0 Å². The van der Waals surface area contributed by atoms with Gasteiger partial charge in [0.2, 0.25) is 0 Å². The highest BCUT2D eigenvalue weighted by atomic mass is 16.2. The molecule has 1 fully saturated rings. The van der Waals surface area contributed by atoms with Gasteiger partial charge in [-0.2, -0.15) is 0 Å². The number of rotatable bonds is 4. The third-order valence-corrected chi connectivity index (χ3v) is 3.33. The smallest absolute Gasteiger partial charge is 0.274 e. The normalized spacial score (nSPS) is 16.4. The van der Waals surface area contributed by atoms with Crippen LogP contribution in [0.3, 0.4) is 0 Å². The lowest BCUT2D eigenvalue weighted by Gasteiger charge is -2.34. The Morgan fingerprint density at radius 3 is 2.53 bits per heavy atom. The van der Waals surface area contributed by atoms with Gasteiger partial charge < -0.3 is 10.2 Å². The second-order valence-corrected chi connectivity index (χ2v) is 4.67. The summed E-state index contributed by atoms with van der Waals surface area (Å²) in [6, 6.07) is 0. The van der Waals surface area contributed by atoms with Crippen LogP contribution in [0.15, 0.2) is 12.4 Å². The molecular weight excluding hydrogens is 242 g/mol. The third-order valence-electron chi connectivity index (χ3n) is 3.33. The van der Waals surface area contributed by atoms with Gasteiger partial charge in [-0.05, 0) is 13.0 Å². The van der Waals surface area contributed by atoms with Crippen LogP contribution >= 0.6 is 0 Å². The first-order chi connectivity index (χ1) is 9.24. The second kappa shape index (κ2) is 6.47. The first-order valence-electron chi connectivity index (χ1n) is 6.76. The van der Waals surface area contributed by atoms with Gasteiger partial charge in [0.1, 0.15) is 11.5 Å². The summed E-state index contributed by atoms with van der Waals surface area (Å²) >= 11 is 0. The molecule has 6 heteroatoms. The molecule has 104 valence electrons. The molecule has 19 heavy (non-hydrogen) atoms. The lowest BCUT2D eigenvalue weighted by molar-refractivity contribution is 0.0631. The first-order valence-corrected chi connectivity index (χ1v) is 6.76. The van der Waals surface area contributed by atoms with Crippen molar-refractivity contribution in [2.45, 2.75) is 13.3 Å². The van der Waals surface area contributed by atoms with Crippen molar-refractivity contribution in [3.63, 3.8) is 0 Å². The van der Waals surface area contributed by atoms with E-state index < -0.39 is 0 Å². The highest BCUT2D eigenvalue weighted by molar-refractivity contribution is 5.92. The molecule has 1 aliphatic heterocycles. The Labute approximate surface area is 113 Å². The number of carbonyl (C=O) groups excluding carboxylic acids is 1. The zero-order valence-corrected chi connectivity index (χ0v) is 11.6. The lowest BCUT2D eigenvalue weighted by Crippen LogP contribution is -2.48. The van der Waals surface area contributed by atoms with Crippen molar-refractivity contribution in [3.8, 4) is 0 Å². The van der Waals surface area contributed by atoms with Gasteiger partial charge in [-0.3, -0.25) is 9.69 Å². The van der Waals surface area contributed by atoms with Crippen LogP contribution in [0.5, 0.6) is 0 Å². The number of nitrogens with zero attached hydrogens (tertiary/aromatic N) is 4. The van der Waals surface area contributed by atoms with E-state index in [2.05, 4.69) is 27.1 Å². The Hall–Kier alpha value is -1.69. The van der Waals surface area contributed by atoms with Crippen LogP contribution in [0.4, 0.5) is 5.82 Å². The van der Waals surface area contributed by atoms with Crippen LogP contribution < -0.4 is 5.32 Å². The summed E-state index contributed by atoms with van der Waals surface area (Å²) in [6.45, 7) is 6.72. The van der Waals surface area contributed by atoms with E-state index in [1.165, 1.54) is 6.20 Å². The van der Waals surface area contributed by atoms with Gasteiger partial charge >= 0.3 is 0 Å². The molecule has 0 bridgehead atoms. The molecule has 0 unspecified atom stereocenters. The van der Waals surface area contributed by atoms with Gasteiger partial charge in [0, 0.05) is 33.2 Å². The molecule has 0 spiro atoms. The maximum absolute atomic E-state index is 12.2. The number of piperazine rings is 1. The first kappa shape index (κ1) is 13.7. The summed E-state index contributed by atoms with van der Waals surface area (Å²) in [4.78, 5) is 24.8. The molecule has 1 aromatic heterocycles. The van der Waals surface area contributed by atoms with E-state index in [4.69, 9.17) is 0 Å². The van der Waals surface area contributed by atoms with Gasteiger partial charge in [0.25, 0.3) is 5.91 Å². The molecule has 0 saturated carbocycles. The molecule has 1 amide bonds. The number of hydrogen-bond donors (Lipinski definition) is 1. The number of nitrogens with one attached hydrogen (secondary N) is 1. The van der Waals surface area contributed by atoms with E-state index in [1.54, 1.807) is 13.2 Å². The topological polar surface area (TPSA) is 61.4 Å². The van der Waals surface area contributed by atoms with E-state index in [0.29, 0.717) is 11.5 Å². The molecule has 0 aliphatic carbocycles. The molecule has 0 radical (unpaired) electrons. The van der Waals surface area contributed by atoms with Crippen LogP contribution in [-0.4, -0.2) is 65.4 Å². The molecule has 2 rings (SSSR count). The van der Waals surface area contributed by atoms with E-state index in [1.807, 2.05) is 4.90 Å². The standard InChI is InChI=1S/C13H21N5O/c1-3-4-17-5-7-18(8-6-17)13(19)11-9-16-12(14-2)10-15-11/h9-10H,3-8H2,1-2H3,(H,14,16). The van der Waals surface area contributed by atoms with Crippen LogP contribution in [0, 0.1) is 0 Å². The summed E-state index contributed by atoms with van der Waals surface area (Å²) in [5, 5.41) is 2.89. The highest BCUT2D eigenvalue weighted by Crippen LogP contribution is 2.08. The zero-order chi connectivity index (χ0) is 13.7. The molecule has 0 aromatic carbocycles. The fourth-order valence-corrected chi connectivity index (χ4v) is 2.22. The summed E-state index contributed by atoms with van der Waals surface area (Å²) in [5.74, 6) is 0.649. The Kier molecular flexibility index (Phi) is 4.68. The molecule has 1 saturated heterocycles. The van der Waals surface area contributed by atoms with Crippen LogP contribution in [0.2, 0.25) is 0 Å². The predicted molar refractivity (Wildman–Crippen MR) is 74.2 cm³/mol. The van der Waals surface area contributed by atoms with Crippen LogP contribution in [-0.2, 0) is 0 Å². The fraction of sp³-hybridized carbons (Fsp3) is 0.615. The molecule has 1 aromatic rings. The van der Waals surface area contributed by atoms with Crippen molar-refractivity contribution < 1.29 is 4.79 Å². The van der Waals surface area contributed by atoms with Crippen molar-refractivity contribution >= 4 is 11.7 Å². The number of hydrogen-bond acceptors (Lipinski definition) is 5. The van der Waals surface area contributed by atoms with Crippen molar-refractivity contribution in [2.75, 3.05) is 45.1 Å². The summed E-state index contributed by atoms with van der Waals surface area (Å²) in [5.41, 5.74) is 0.419. The molecular formula is C13H21N5O. The maximum Gasteiger partial charge on any atom is 0.274 e. The Morgan fingerprint density at radius 1 is 1.26 bits per heavy atom. The fourth-order valence-electron chi connectivity index (χ4n) is 2.22. The Morgan fingerprint density at radius 2 is 2.00 bits per heavy atom. The third kappa shape index (κ3) is 3.41. The van der Waals surface area contributed by atoms with Crippen molar-refractivity contribution in [2.24, 2.45) is 0 Å². The van der Waals surface area contributed by atoms with E-state index in [-0.39, 0.29) is 5.91 Å². The summed E-state index contributed by atoms with van der Waals surface area (Å²) in [7, 11) is 1.78. The molecule has 1 aliphatic rings. The SMILES string of the molecule is CCCN1CCN(C(=O)c2cnc(NC)cn2)CC1. The van der Waals surface area contributed by atoms with Gasteiger partial charge in [-0.15, -0.1) is 0 Å². The largest absolute Gasteiger partial charge is 0.372 e. The van der Waals surface area contributed by atoms with Crippen molar-refractivity contribution in [3.05, 3.63) is 18.1 Å². The molecule has 2 heterocycles. The summed E-state index contributed by atoms with van der Waals surface area (Å²) < 4.78 is 0. The van der Waals surface area contributed by atoms with Crippen LogP contribution in [0.25, 0.3) is 0 Å². The van der Waals surface area contributed by atoms with Crippen LogP contribution in [0.1, 0.15) is 23.8 Å². The minimum atomic E-state index is -0.0219. The molecule has 1 N–H and O–H groups in total. The number of anilines is 1. The maximum atomic E-state index is 12.2. The van der Waals surface area contributed by atoms with Gasteiger partial charge in [0.15, 0.2) is 0 Å². The zero-order valence-electron chi connectivity index (χ0n) is 11.6. The van der Waals surface area contributed by atoms with Crippen molar-refractivity contribution in [1.82, 2.24) is 19.8 Å². The van der Waals surface area contributed by atoms with Gasteiger partial charge in [-0.1, -0.05) is 6.92 Å². The average Bonchev–Trinajstić information content (AvgIpc) is 2.48. The van der Waals surface area contributed by atoms with Gasteiger partial charge in [0.05, 0.1) is 12.4 Å². The monoisotopic (exact) mass is 263 g/mol. The van der Waals surface area contributed by atoms with Crippen molar-refractivity contribution in [1.29, 1.82) is 0 Å². The number of amides is 1. The molecule has 0 atom stereocenters. The lowest BCUT2D eigenvalue weighted by atomic mass is 10.2. The number of aromatic nitrogens is 2. The van der Waals surface area contributed by atoms with E-state index in [9.17, 15) is 4.79 Å². The van der Waals surface area contributed by atoms with Gasteiger partial charge in [-0.25, -0.2) is 9.97 Å². The Balaban J connectivity index is 1.93. The minimum absolute atomic E-state index is 0.0219. The molecule has 6 nitrogen and oxygen atoms in total.